The minimum Gasteiger partial charge on any atom is -0.323 e. The topological polar surface area (TPSA) is 58.2 Å². The predicted molar refractivity (Wildman–Crippen MR) is 158 cm³/mol. The standard InChI is InChI=1S/C32H22ClF3N2O2S/c33-27-16-15-24(32(34,35)36)18-28(27)38-31(40)29(21-8-2-1-3-9-21)41-26-12-6-11-25(19-26)37-30(39)23-14-13-20-7-4-5-10-22(20)17-23/h1-19,29H,(H,37,39)(H,38,40). The molecule has 0 fully saturated rings. The van der Waals surface area contributed by atoms with Gasteiger partial charge >= 0.3 is 6.18 Å². The molecule has 0 saturated heterocycles. The van der Waals surface area contributed by atoms with Gasteiger partial charge in [-0.2, -0.15) is 13.2 Å². The highest BCUT2D eigenvalue weighted by molar-refractivity contribution is 8.00. The van der Waals surface area contributed by atoms with Crippen LogP contribution in [-0.2, 0) is 11.0 Å². The van der Waals surface area contributed by atoms with E-state index in [2.05, 4.69) is 10.6 Å². The van der Waals surface area contributed by atoms with E-state index >= 15 is 0 Å². The number of carbonyl (C=O) groups excluding carboxylic acids is 2. The third kappa shape index (κ3) is 6.90. The fourth-order valence-electron chi connectivity index (χ4n) is 4.21. The van der Waals surface area contributed by atoms with E-state index < -0.39 is 22.9 Å². The second-order valence-electron chi connectivity index (χ2n) is 9.13. The summed E-state index contributed by atoms with van der Waals surface area (Å²) in [6.07, 6.45) is -4.59. The number of benzene rings is 5. The van der Waals surface area contributed by atoms with Crippen molar-refractivity contribution in [2.75, 3.05) is 10.6 Å². The van der Waals surface area contributed by atoms with E-state index in [9.17, 15) is 22.8 Å². The van der Waals surface area contributed by atoms with E-state index in [0.717, 1.165) is 29.0 Å². The van der Waals surface area contributed by atoms with Gasteiger partial charge in [-0.15, -0.1) is 11.8 Å². The summed E-state index contributed by atoms with van der Waals surface area (Å²) in [4.78, 5) is 27.1. The number of nitrogens with one attached hydrogen (secondary N) is 2. The number of thioether (sulfide) groups is 1. The lowest BCUT2D eigenvalue weighted by Gasteiger charge is -2.19. The largest absolute Gasteiger partial charge is 0.416 e. The van der Waals surface area contributed by atoms with Crippen LogP contribution < -0.4 is 10.6 Å². The van der Waals surface area contributed by atoms with Gasteiger partial charge in [-0.25, -0.2) is 0 Å². The number of carbonyl (C=O) groups is 2. The summed E-state index contributed by atoms with van der Waals surface area (Å²) in [6.45, 7) is 0. The molecular weight excluding hydrogens is 569 g/mol. The molecule has 5 aromatic carbocycles. The first-order valence-electron chi connectivity index (χ1n) is 12.5. The Balaban J connectivity index is 1.37. The zero-order valence-electron chi connectivity index (χ0n) is 21.3. The molecule has 0 saturated carbocycles. The molecule has 1 atom stereocenters. The molecule has 0 aromatic heterocycles. The molecule has 0 aliphatic rings. The molecule has 5 rings (SSSR count). The van der Waals surface area contributed by atoms with Crippen LogP contribution in [0, 0.1) is 0 Å². The van der Waals surface area contributed by atoms with Gasteiger partial charge in [0.05, 0.1) is 16.3 Å². The van der Waals surface area contributed by atoms with E-state index in [4.69, 9.17) is 11.6 Å². The van der Waals surface area contributed by atoms with Crippen LogP contribution in [-0.4, -0.2) is 11.8 Å². The van der Waals surface area contributed by atoms with Crippen molar-refractivity contribution >= 4 is 57.3 Å². The van der Waals surface area contributed by atoms with Gasteiger partial charge in [-0.3, -0.25) is 9.59 Å². The Hall–Kier alpha value is -4.27. The third-order valence-electron chi connectivity index (χ3n) is 6.25. The minimum absolute atomic E-state index is 0.0124. The average Bonchev–Trinajstić information content (AvgIpc) is 2.96. The molecule has 5 aromatic rings. The fraction of sp³-hybridized carbons (Fsp3) is 0.0625. The van der Waals surface area contributed by atoms with Gasteiger partial charge < -0.3 is 10.6 Å². The highest BCUT2D eigenvalue weighted by Gasteiger charge is 2.31. The summed E-state index contributed by atoms with van der Waals surface area (Å²) in [5.41, 5.74) is 0.617. The van der Waals surface area contributed by atoms with Crippen LogP contribution in [0.25, 0.3) is 10.8 Å². The zero-order valence-corrected chi connectivity index (χ0v) is 22.9. The number of halogens is 4. The molecule has 4 nitrogen and oxygen atoms in total. The maximum Gasteiger partial charge on any atom is 0.416 e. The van der Waals surface area contributed by atoms with Crippen molar-refractivity contribution in [1.82, 2.24) is 0 Å². The molecular formula is C32H22ClF3N2O2S. The van der Waals surface area contributed by atoms with Crippen LogP contribution in [0.1, 0.15) is 26.7 Å². The van der Waals surface area contributed by atoms with Crippen molar-refractivity contribution in [3.05, 3.63) is 137 Å². The fourth-order valence-corrected chi connectivity index (χ4v) is 5.46. The summed E-state index contributed by atoms with van der Waals surface area (Å²) in [7, 11) is 0. The lowest BCUT2D eigenvalue weighted by atomic mass is 10.1. The van der Waals surface area contributed by atoms with Crippen LogP contribution >= 0.6 is 23.4 Å². The smallest absolute Gasteiger partial charge is 0.323 e. The Labute approximate surface area is 243 Å². The van der Waals surface area contributed by atoms with Gasteiger partial charge in [0, 0.05) is 16.1 Å². The zero-order chi connectivity index (χ0) is 29.0. The van der Waals surface area contributed by atoms with Crippen molar-refractivity contribution < 1.29 is 22.8 Å². The lowest BCUT2D eigenvalue weighted by molar-refractivity contribution is -0.137. The van der Waals surface area contributed by atoms with Crippen molar-refractivity contribution in [2.24, 2.45) is 0 Å². The minimum atomic E-state index is -4.59. The summed E-state index contributed by atoms with van der Waals surface area (Å²) >= 11 is 7.32. The number of hydrogen-bond donors (Lipinski definition) is 2. The monoisotopic (exact) mass is 590 g/mol. The summed E-state index contributed by atoms with van der Waals surface area (Å²) in [5.74, 6) is -0.831. The van der Waals surface area contributed by atoms with Crippen LogP contribution in [0.3, 0.4) is 0 Å². The molecule has 0 radical (unpaired) electrons. The maximum absolute atomic E-state index is 13.4. The highest BCUT2D eigenvalue weighted by atomic mass is 35.5. The Kier molecular flexibility index (Phi) is 8.33. The van der Waals surface area contributed by atoms with Crippen LogP contribution in [0.5, 0.6) is 0 Å². The Morgan fingerprint density at radius 3 is 2.22 bits per heavy atom. The first-order valence-corrected chi connectivity index (χ1v) is 13.7. The van der Waals surface area contributed by atoms with E-state index in [1.807, 2.05) is 36.4 Å². The Morgan fingerprint density at radius 2 is 1.46 bits per heavy atom. The van der Waals surface area contributed by atoms with Crippen LogP contribution in [0.4, 0.5) is 24.5 Å². The molecule has 9 heteroatoms. The van der Waals surface area contributed by atoms with E-state index in [-0.39, 0.29) is 16.6 Å². The first-order chi connectivity index (χ1) is 19.7. The van der Waals surface area contributed by atoms with E-state index in [0.29, 0.717) is 21.7 Å². The number of hydrogen-bond acceptors (Lipinski definition) is 3. The van der Waals surface area contributed by atoms with Crippen LogP contribution in [0.2, 0.25) is 5.02 Å². The van der Waals surface area contributed by atoms with E-state index in [1.54, 1.807) is 60.7 Å². The van der Waals surface area contributed by atoms with Gasteiger partial charge in [0.25, 0.3) is 5.91 Å². The number of alkyl halides is 3. The van der Waals surface area contributed by atoms with Crippen molar-refractivity contribution in [3.63, 3.8) is 0 Å². The number of rotatable bonds is 7. The average molecular weight is 591 g/mol. The second kappa shape index (κ2) is 12.1. The molecule has 0 aliphatic carbocycles. The SMILES string of the molecule is O=C(Nc1cccc(SC(C(=O)Nc2cc(C(F)(F)F)ccc2Cl)c2ccccc2)c1)c1ccc2ccccc2c1. The van der Waals surface area contributed by atoms with Crippen molar-refractivity contribution in [2.45, 2.75) is 16.3 Å². The molecule has 206 valence electrons. The Bertz CT molecular complexity index is 1730. The van der Waals surface area contributed by atoms with Gasteiger partial charge in [-0.05, 0) is 64.9 Å². The summed E-state index contributed by atoms with van der Waals surface area (Å²) < 4.78 is 39.8. The molecule has 0 bridgehead atoms. The normalized spacial score (nSPS) is 12.1. The molecule has 0 heterocycles. The van der Waals surface area contributed by atoms with Gasteiger partial charge in [-0.1, -0.05) is 78.3 Å². The predicted octanol–water partition coefficient (Wildman–Crippen LogP) is 9.24. The molecule has 2 N–H and O–H groups in total. The summed E-state index contributed by atoms with van der Waals surface area (Å²) in [6, 6.07) is 31.9. The quantitative estimate of drug-likeness (QED) is 0.186. The van der Waals surface area contributed by atoms with Gasteiger partial charge in [0.2, 0.25) is 5.91 Å². The summed E-state index contributed by atoms with van der Waals surface area (Å²) in [5, 5.41) is 6.59. The second-order valence-corrected chi connectivity index (χ2v) is 10.7. The molecule has 1 unspecified atom stereocenters. The molecule has 0 spiro atoms. The first kappa shape index (κ1) is 28.3. The molecule has 0 aliphatic heterocycles. The number of amides is 2. The van der Waals surface area contributed by atoms with Gasteiger partial charge in [0.15, 0.2) is 0 Å². The van der Waals surface area contributed by atoms with Crippen LogP contribution in [0.15, 0.2) is 120 Å². The third-order valence-corrected chi connectivity index (χ3v) is 7.83. The van der Waals surface area contributed by atoms with Gasteiger partial charge in [0.1, 0.15) is 5.25 Å². The number of anilines is 2. The Morgan fingerprint density at radius 1 is 0.732 bits per heavy atom. The highest BCUT2D eigenvalue weighted by Crippen LogP contribution is 2.39. The van der Waals surface area contributed by atoms with Crippen molar-refractivity contribution in [1.29, 1.82) is 0 Å². The number of fused-ring (bicyclic) bond motifs is 1. The molecule has 41 heavy (non-hydrogen) atoms. The lowest BCUT2D eigenvalue weighted by Crippen LogP contribution is -2.20. The van der Waals surface area contributed by atoms with Crippen molar-refractivity contribution in [3.8, 4) is 0 Å². The maximum atomic E-state index is 13.4. The molecule has 2 amide bonds. The van der Waals surface area contributed by atoms with E-state index in [1.165, 1.54) is 11.8 Å².